The number of carbonyl (C=O) groups excluding carboxylic acids is 1. The first-order chi connectivity index (χ1) is 13.6. The Morgan fingerprint density at radius 2 is 1.96 bits per heavy atom. The maximum absolute atomic E-state index is 12.6. The smallest absolute Gasteiger partial charge is 0.255 e. The molecule has 7 heteroatoms. The van der Waals surface area contributed by atoms with Gasteiger partial charge in [-0.1, -0.05) is 30.3 Å². The van der Waals surface area contributed by atoms with Gasteiger partial charge >= 0.3 is 0 Å². The fourth-order valence-corrected chi connectivity index (χ4v) is 3.84. The molecule has 3 aromatic heterocycles. The Kier molecular flexibility index (Phi) is 4.99. The van der Waals surface area contributed by atoms with E-state index in [1.807, 2.05) is 42.6 Å². The molecule has 0 fully saturated rings. The van der Waals surface area contributed by atoms with E-state index < -0.39 is 0 Å². The van der Waals surface area contributed by atoms with Crippen LogP contribution in [-0.2, 0) is 6.54 Å². The Morgan fingerprint density at radius 3 is 2.75 bits per heavy atom. The lowest BCUT2D eigenvalue weighted by atomic mass is 10.1. The van der Waals surface area contributed by atoms with Crippen molar-refractivity contribution in [1.29, 1.82) is 0 Å². The second-order valence-corrected chi connectivity index (χ2v) is 7.24. The molecule has 4 rings (SSSR count). The number of hydrogen-bond acceptors (Lipinski definition) is 5. The molecule has 1 N–H and O–H groups in total. The second-order valence-electron chi connectivity index (χ2n) is 6.38. The summed E-state index contributed by atoms with van der Waals surface area (Å²) in [5.74, 6) is 0.506. The standard InChI is InChI=1S/C21H19N5OS/c1-14-7-3-4-8-17(14)21-25-16(13-28-21)11-23-20(27)18-12-24-26(15(18)2)19-9-5-6-10-22-19/h3-10,12-13H,11H2,1-2H3,(H,23,27). The van der Waals surface area contributed by atoms with Crippen LogP contribution in [0.3, 0.4) is 0 Å². The van der Waals surface area contributed by atoms with Gasteiger partial charge in [0, 0.05) is 17.1 Å². The van der Waals surface area contributed by atoms with Gasteiger partial charge < -0.3 is 5.32 Å². The Hall–Kier alpha value is -3.32. The van der Waals surface area contributed by atoms with Gasteiger partial charge in [-0.15, -0.1) is 11.3 Å². The predicted molar refractivity (Wildman–Crippen MR) is 110 cm³/mol. The Labute approximate surface area is 166 Å². The lowest BCUT2D eigenvalue weighted by Gasteiger charge is -2.05. The van der Waals surface area contributed by atoms with E-state index in [0.29, 0.717) is 17.9 Å². The van der Waals surface area contributed by atoms with Crippen LogP contribution < -0.4 is 5.32 Å². The first kappa shape index (κ1) is 18.1. The highest BCUT2D eigenvalue weighted by atomic mass is 32.1. The third kappa shape index (κ3) is 3.57. The van der Waals surface area contributed by atoms with Crippen LogP contribution in [0, 0.1) is 13.8 Å². The number of nitrogens with one attached hydrogen (secondary N) is 1. The minimum absolute atomic E-state index is 0.176. The van der Waals surface area contributed by atoms with Crippen molar-refractivity contribution in [2.75, 3.05) is 0 Å². The average Bonchev–Trinajstić information content (AvgIpc) is 3.34. The molecule has 0 aliphatic heterocycles. The summed E-state index contributed by atoms with van der Waals surface area (Å²) in [6.45, 7) is 4.30. The van der Waals surface area contributed by atoms with Crippen molar-refractivity contribution >= 4 is 17.2 Å². The van der Waals surface area contributed by atoms with Gasteiger partial charge in [0.1, 0.15) is 5.01 Å². The zero-order valence-electron chi connectivity index (χ0n) is 15.6. The van der Waals surface area contributed by atoms with Crippen molar-refractivity contribution in [3.05, 3.63) is 82.8 Å². The number of aromatic nitrogens is 4. The highest BCUT2D eigenvalue weighted by Gasteiger charge is 2.16. The van der Waals surface area contributed by atoms with Gasteiger partial charge in [0.15, 0.2) is 5.82 Å². The van der Waals surface area contributed by atoms with Crippen LogP contribution in [0.15, 0.2) is 60.2 Å². The summed E-state index contributed by atoms with van der Waals surface area (Å²) in [7, 11) is 0. The van der Waals surface area contributed by atoms with Gasteiger partial charge in [-0.05, 0) is 31.5 Å². The van der Waals surface area contributed by atoms with Crippen molar-refractivity contribution in [3.8, 4) is 16.4 Å². The summed E-state index contributed by atoms with van der Waals surface area (Å²) in [5.41, 5.74) is 4.42. The van der Waals surface area contributed by atoms with Crippen molar-refractivity contribution in [3.63, 3.8) is 0 Å². The molecule has 0 saturated carbocycles. The third-order valence-corrected chi connectivity index (χ3v) is 5.40. The van der Waals surface area contributed by atoms with E-state index in [4.69, 9.17) is 0 Å². The minimum atomic E-state index is -0.176. The number of nitrogens with zero attached hydrogens (tertiary/aromatic N) is 4. The molecular weight excluding hydrogens is 370 g/mol. The summed E-state index contributed by atoms with van der Waals surface area (Å²) in [4.78, 5) is 21.5. The van der Waals surface area contributed by atoms with E-state index in [9.17, 15) is 4.79 Å². The summed E-state index contributed by atoms with van der Waals surface area (Å²) in [6.07, 6.45) is 3.27. The number of carbonyl (C=O) groups is 1. The molecule has 0 aliphatic carbocycles. The molecule has 0 aliphatic rings. The molecule has 140 valence electrons. The average molecular weight is 389 g/mol. The number of pyridine rings is 1. The summed E-state index contributed by atoms with van der Waals surface area (Å²) in [6, 6.07) is 13.7. The van der Waals surface area contributed by atoms with Crippen LogP contribution >= 0.6 is 11.3 Å². The Bertz CT molecular complexity index is 1120. The lowest BCUT2D eigenvalue weighted by molar-refractivity contribution is 0.0950. The molecule has 1 amide bonds. The van der Waals surface area contributed by atoms with Crippen molar-refractivity contribution in [1.82, 2.24) is 25.1 Å². The molecule has 1 aromatic carbocycles. The van der Waals surface area contributed by atoms with Crippen molar-refractivity contribution in [2.45, 2.75) is 20.4 Å². The van der Waals surface area contributed by atoms with Crippen LogP contribution in [0.1, 0.15) is 27.3 Å². The van der Waals surface area contributed by atoms with Crippen molar-refractivity contribution in [2.24, 2.45) is 0 Å². The maximum atomic E-state index is 12.6. The number of thiazole rings is 1. The number of aryl methyl sites for hydroxylation is 1. The monoisotopic (exact) mass is 389 g/mol. The largest absolute Gasteiger partial charge is 0.346 e. The normalized spacial score (nSPS) is 10.8. The Balaban J connectivity index is 1.46. The van der Waals surface area contributed by atoms with Crippen LogP contribution in [0.2, 0.25) is 0 Å². The lowest BCUT2D eigenvalue weighted by Crippen LogP contribution is -2.23. The second kappa shape index (κ2) is 7.74. The summed E-state index contributed by atoms with van der Waals surface area (Å²) >= 11 is 1.58. The van der Waals surface area contributed by atoms with Gasteiger partial charge in [-0.25, -0.2) is 14.6 Å². The molecule has 4 aromatic rings. The van der Waals surface area contributed by atoms with E-state index in [0.717, 1.165) is 22.0 Å². The van der Waals surface area contributed by atoms with E-state index in [1.165, 1.54) is 5.56 Å². The SMILES string of the molecule is Cc1ccccc1-c1nc(CNC(=O)c2cnn(-c3ccccn3)c2C)cs1. The fourth-order valence-electron chi connectivity index (χ4n) is 2.93. The molecule has 0 unspecified atom stereocenters. The first-order valence-electron chi connectivity index (χ1n) is 8.88. The van der Waals surface area contributed by atoms with Gasteiger partial charge in [0.05, 0.1) is 29.7 Å². The molecule has 6 nitrogen and oxygen atoms in total. The molecule has 0 spiro atoms. The molecule has 28 heavy (non-hydrogen) atoms. The van der Waals surface area contributed by atoms with Gasteiger partial charge in [0.25, 0.3) is 5.91 Å². The third-order valence-electron chi connectivity index (χ3n) is 4.48. The number of hydrogen-bond donors (Lipinski definition) is 1. The molecule has 3 heterocycles. The Morgan fingerprint density at radius 1 is 1.14 bits per heavy atom. The minimum Gasteiger partial charge on any atom is -0.346 e. The maximum Gasteiger partial charge on any atom is 0.255 e. The summed E-state index contributed by atoms with van der Waals surface area (Å²) < 4.78 is 1.66. The van der Waals surface area contributed by atoms with E-state index in [2.05, 4.69) is 39.4 Å². The first-order valence-corrected chi connectivity index (χ1v) is 9.76. The molecule has 0 saturated heterocycles. The predicted octanol–water partition coefficient (Wildman–Crippen LogP) is 3.94. The van der Waals surface area contributed by atoms with Crippen LogP contribution in [0.25, 0.3) is 16.4 Å². The molecule has 0 atom stereocenters. The number of rotatable bonds is 5. The van der Waals surface area contributed by atoms with Crippen LogP contribution in [0.5, 0.6) is 0 Å². The van der Waals surface area contributed by atoms with E-state index in [1.54, 1.807) is 28.4 Å². The quantitative estimate of drug-likeness (QED) is 0.561. The fraction of sp³-hybridized carbons (Fsp3) is 0.143. The summed E-state index contributed by atoms with van der Waals surface area (Å²) in [5, 5.41) is 10.2. The van der Waals surface area contributed by atoms with Crippen LogP contribution in [-0.4, -0.2) is 25.7 Å². The van der Waals surface area contributed by atoms with Gasteiger partial charge in [0.2, 0.25) is 0 Å². The van der Waals surface area contributed by atoms with Crippen LogP contribution in [0.4, 0.5) is 0 Å². The molecule has 0 bridgehead atoms. The zero-order valence-corrected chi connectivity index (χ0v) is 16.4. The zero-order chi connectivity index (χ0) is 19.5. The molecule has 0 radical (unpaired) electrons. The van der Waals surface area contributed by atoms with E-state index in [-0.39, 0.29) is 5.91 Å². The van der Waals surface area contributed by atoms with Gasteiger partial charge in [-0.3, -0.25) is 4.79 Å². The molecular formula is C21H19N5OS. The van der Waals surface area contributed by atoms with Gasteiger partial charge in [-0.2, -0.15) is 5.10 Å². The number of amides is 1. The highest BCUT2D eigenvalue weighted by molar-refractivity contribution is 7.13. The topological polar surface area (TPSA) is 72.7 Å². The van der Waals surface area contributed by atoms with E-state index >= 15 is 0 Å². The highest BCUT2D eigenvalue weighted by Crippen LogP contribution is 2.26. The van der Waals surface area contributed by atoms with Crippen molar-refractivity contribution < 1.29 is 4.79 Å². The number of benzene rings is 1.